The smallest absolute Gasteiger partial charge is 0.119 e. The highest BCUT2D eigenvalue weighted by Gasteiger charge is 2.31. The van der Waals surface area contributed by atoms with Crippen molar-refractivity contribution in [1.29, 1.82) is 5.26 Å². The lowest BCUT2D eigenvalue weighted by molar-refractivity contribution is 0.193. The lowest BCUT2D eigenvalue weighted by Crippen LogP contribution is -2.24. The van der Waals surface area contributed by atoms with Crippen LogP contribution in [0.1, 0.15) is 62.5 Å². The van der Waals surface area contributed by atoms with Gasteiger partial charge in [0.05, 0.1) is 18.1 Å². The van der Waals surface area contributed by atoms with Crippen LogP contribution < -0.4 is 4.74 Å². The molecule has 1 aromatic rings. The molecule has 2 heteroatoms. The summed E-state index contributed by atoms with van der Waals surface area (Å²) >= 11 is 0. The summed E-state index contributed by atoms with van der Waals surface area (Å²) in [5, 5.41) is 9.49. The summed E-state index contributed by atoms with van der Waals surface area (Å²) in [7, 11) is 0. The molecular weight excluding hydrogens is 258 g/mol. The molecule has 0 saturated heterocycles. The highest BCUT2D eigenvalue weighted by molar-refractivity contribution is 5.37. The Morgan fingerprint density at radius 1 is 1.00 bits per heavy atom. The normalized spacial score (nSPS) is 20.3. The Morgan fingerprint density at radius 2 is 1.76 bits per heavy atom. The van der Waals surface area contributed by atoms with Gasteiger partial charge in [0.2, 0.25) is 0 Å². The predicted octanol–water partition coefficient (Wildman–Crippen LogP) is 4.81. The van der Waals surface area contributed by atoms with Gasteiger partial charge in [0, 0.05) is 6.42 Å². The van der Waals surface area contributed by atoms with Crippen LogP contribution in [-0.4, -0.2) is 6.61 Å². The average Bonchev–Trinajstić information content (AvgIpc) is 2.55. The number of ether oxygens (including phenoxy) is 1. The highest BCUT2D eigenvalue weighted by atomic mass is 16.5. The third-order valence-corrected chi connectivity index (χ3v) is 5.22. The maximum Gasteiger partial charge on any atom is 0.119 e. The molecule has 0 amide bonds. The van der Waals surface area contributed by atoms with Crippen LogP contribution in [0.4, 0.5) is 0 Å². The van der Waals surface area contributed by atoms with Crippen molar-refractivity contribution in [3.05, 3.63) is 29.3 Å². The number of fused-ring (bicyclic) bond motifs is 1. The number of aryl methyl sites for hydroxylation is 2. The first-order valence-corrected chi connectivity index (χ1v) is 8.47. The van der Waals surface area contributed by atoms with Crippen molar-refractivity contribution in [2.75, 3.05) is 6.61 Å². The van der Waals surface area contributed by atoms with Gasteiger partial charge in [0.15, 0.2) is 0 Å². The van der Waals surface area contributed by atoms with Gasteiger partial charge in [-0.1, -0.05) is 25.3 Å². The summed E-state index contributed by atoms with van der Waals surface area (Å²) in [6.07, 6.45) is 11.7. The van der Waals surface area contributed by atoms with Crippen LogP contribution in [0.2, 0.25) is 0 Å². The minimum atomic E-state index is -0.119. The second-order valence-electron chi connectivity index (χ2n) is 6.69. The molecule has 0 radical (unpaired) electrons. The molecule has 0 aromatic heterocycles. The Labute approximate surface area is 128 Å². The number of nitrogens with zero attached hydrogens (tertiary/aromatic N) is 1. The third kappa shape index (κ3) is 3.40. The van der Waals surface area contributed by atoms with E-state index >= 15 is 0 Å². The lowest BCUT2D eigenvalue weighted by Gasteiger charge is -2.30. The number of benzene rings is 1. The van der Waals surface area contributed by atoms with Gasteiger partial charge >= 0.3 is 0 Å². The van der Waals surface area contributed by atoms with Gasteiger partial charge in [-0.15, -0.1) is 0 Å². The standard InChI is InChI=1S/C19H25NO/c20-15-19(10-4-1-5-11-19)12-13-21-18-9-8-16-6-2-3-7-17(16)14-18/h8-9,14H,1-7,10-13H2. The SMILES string of the molecule is N#CC1(CCOc2ccc3c(c2)CCCC3)CCCCC1. The molecule has 1 aromatic carbocycles. The zero-order valence-electron chi connectivity index (χ0n) is 12.9. The van der Waals surface area contributed by atoms with Gasteiger partial charge in [0.1, 0.15) is 5.75 Å². The van der Waals surface area contributed by atoms with Gasteiger partial charge in [-0.3, -0.25) is 0 Å². The summed E-state index contributed by atoms with van der Waals surface area (Å²) in [4.78, 5) is 0. The molecule has 0 atom stereocenters. The largest absolute Gasteiger partial charge is 0.494 e. The molecule has 0 bridgehead atoms. The number of rotatable bonds is 4. The van der Waals surface area contributed by atoms with Crippen LogP contribution in [0, 0.1) is 16.7 Å². The molecule has 2 aliphatic carbocycles. The Kier molecular flexibility index (Phi) is 4.48. The van der Waals surface area contributed by atoms with Crippen molar-refractivity contribution in [3.63, 3.8) is 0 Å². The van der Waals surface area contributed by atoms with E-state index in [1.165, 1.54) is 56.1 Å². The minimum absolute atomic E-state index is 0.119. The summed E-state index contributed by atoms with van der Waals surface area (Å²) in [5.74, 6) is 0.986. The summed E-state index contributed by atoms with van der Waals surface area (Å²) < 4.78 is 5.95. The Bertz CT molecular complexity index is 523. The topological polar surface area (TPSA) is 33.0 Å². The second kappa shape index (κ2) is 6.52. The Morgan fingerprint density at radius 3 is 2.52 bits per heavy atom. The summed E-state index contributed by atoms with van der Waals surface area (Å²) in [6, 6.07) is 9.12. The first-order valence-electron chi connectivity index (χ1n) is 8.47. The minimum Gasteiger partial charge on any atom is -0.494 e. The molecule has 2 nitrogen and oxygen atoms in total. The van der Waals surface area contributed by atoms with E-state index in [0.29, 0.717) is 6.61 Å². The average molecular weight is 283 g/mol. The number of nitriles is 1. The van der Waals surface area contributed by atoms with Crippen LogP contribution in [0.25, 0.3) is 0 Å². The number of hydrogen-bond acceptors (Lipinski definition) is 2. The molecule has 2 aliphatic rings. The van der Waals surface area contributed by atoms with Crippen molar-refractivity contribution in [3.8, 4) is 11.8 Å². The van der Waals surface area contributed by atoms with Crippen molar-refractivity contribution < 1.29 is 4.74 Å². The number of hydrogen-bond donors (Lipinski definition) is 0. The van der Waals surface area contributed by atoms with Crippen LogP contribution >= 0.6 is 0 Å². The summed E-state index contributed by atoms with van der Waals surface area (Å²) in [6.45, 7) is 0.673. The molecule has 21 heavy (non-hydrogen) atoms. The zero-order valence-corrected chi connectivity index (χ0v) is 12.9. The Balaban J connectivity index is 1.56. The second-order valence-corrected chi connectivity index (χ2v) is 6.69. The van der Waals surface area contributed by atoms with Crippen LogP contribution in [0.3, 0.4) is 0 Å². The van der Waals surface area contributed by atoms with Gasteiger partial charge < -0.3 is 4.74 Å². The van der Waals surface area contributed by atoms with E-state index in [9.17, 15) is 5.26 Å². The van der Waals surface area contributed by atoms with E-state index in [1.54, 1.807) is 0 Å². The molecule has 0 aliphatic heterocycles. The van der Waals surface area contributed by atoms with E-state index in [2.05, 4.69) is 24.3 Å². The molecule has 3 rings (SSSR count). The molecule has 1 saturated carbocycles. The quantitative estimate of drug-likeness (QED) is 0.794. The Hall–Kier alpha value is -1.49. The van der Waals surface area contributed by atoms with Crippen molar-refractivity contribution >= 4 is 0 Å². The third-order valence-electron chi connectivity index (χ3n) is 5.22. The van der Waals surface area contributed by atoms with Crippen molar-refractivity contribution in [1.82, 2.24) is 0 Å². The monoisotopic (exact) mass is 283 g/mol. The van der Waals surface area contributed by atoms with Crippen LogP contribution in [0.15, 0.2) is 18.2 Å². The fraction of sp³-hybridized carbons (Fsp3) is 0.632. The van der Waals surface area contributed by atoms with Crippen LogP contribution in [-0.2, 0) is 12.8 Å². The first kappa shape index (κ1) is 14.4. The van der Waals surface area contributed by atoms with Gasteiger partial charge in [-0.25, -0.2) is 0 Å². The fourth-order valence-corrected chi connectivity index (χ4v) is 3.81. The van der Waals surface area contributed by atoms with Gasteiger partial charge in [0.25, 0.3) is 0 Å². The molecule has 0 spiro atoms. The highest BCUT2D eigenvalue weighted by Crippen LogP contribution is 2.38. The van der Waals surface area contributed by atoms with Crippen LogP contribution in [0.5, 0.6) is 5.75 Å². The molecule has 0 N–H and O–H groups in total. The lowest BCUT2D eigenvalue weighted by atomic mass is 9.73. The van der Waals surface area contributed by atoms with E-state index < -0.39 is 0 Å². The predicted molar refractivity (Wildman–Crippen MR) is 84.3 cm³/mol. The maximum absolute atomic E-state index is 9.49. The fourth-order valence-electron chi connectivity index (χ4n) is 3.81. The van der Waals surface area contributed by atoms with E-state index in [4.69, 9.17) is 4.74 Å². The van der Waals surface area contributed by atoms with E-state index in [1.807, 2.05) is 0 Å². The van der Waals surface area contributed by atoms with Crippen molar-refractivity contribution in [2.45, 2.75) is 64.2 Å². The molecule has 1 fully saturated rings. The molecule has 0 heterocycles. The zero-order chi connectivity index (χ0) is 14.5. The molecular formula is C19H25NO. The maximum atomic E-state index is 9.49. The van der Waals surface area contributed by atoms with E-state index in [-0.39, 0.29) is 5.41 Å². The molecule has 112 valence electrons. The van der Waals surface area contributed by atoms with Gasteiger partial charge in [-0.05, 0) is 61.8 Å². The first-order chi connectivity index (χ1) is 10.3. The summed E-state index contributed by atoms with van der Waals surface area (Å²) in [5.41, 5.74) is 2.84. The van der Waals surface area contributed by atoms with Gasteiger partial charge in [-0.2, -0.15) is 5.26 Å². The van der Waals surface area contributed by atoms with E-state index in [0.717, 1.165) is 25.0 Å². The molecule has 0 unspecified atom stereocenters. The van der Waals surface area contributed by atoms with Crippen molar-refractivity contribution in [2.24, 2.45) is 5.41 Å².